The molecule has 4 aromatic rings. The molecule has 1 N–H and O–H groups in total. The summed E-state index contributed by atoms with van der Waals surface area (Å²) in [7, 11) is 0. The van der Waals surface area contributed by atoms with Gasteiger partial charge in [-0.2, -0.15) is 5.10 Å². The Kier molecular flexibility index (Phi) is 5.84. The van der Waals surface area contributed by atoms with E-state index < -0.39 is 4.92 Å². The standard InChI is InChI=1S/C22H16FN5O4/c23-17-1-7-20(8-2-17)32-21-11-15(9-10-24-21)12-25-22(29)16-13-26-27(14-16)18-3-5-19(6-4-18)28(30)31/h1-11,13-14H,12H2,(H,25,29). The monoisotopic (exact) mass is 433 g/mol. The molecule has 2 heterocycles. The van der Waals surface area contributed by atoms with Gasteiger partial charge in [0.1, 0.15) is 11.6 Å². The molecule has 0 radical (unpaired) electrons. The van der Waals surface area contributed by atoms with Crippen LogP contribution in [0.2, 0.25) is 0 Å². The second-order valence-corrected chi connectivity index (χ2v) is 6.69. The van der Waals surface area contributed by atoms with Crippen molar-refractivity contribution < 1.29 is 18.8 Å². The molecule has 2 aromatic heterocycles. The van der Waals surface area contributed by atoms with Crippen LogP contribution in [0.4, 0.5) is 10.1 Å². The zero-order valence-electron chi connectivity index (χ0n) is 16.5. The number of halogens is 1. The lowest BCUT2D eigenvalue weighted by Crippen LogP contribution is -2.22. The average Bonchev–Trinajstić information content (AvgIpc) is 3.30. The number of benzene rings is 2. The summed E-state index contributed by atoms with van der Waals surface area (Å²) in [6.45, 7) is 0.226. The maximum absolute atomic E-state index is 13.0. The first-order valence-corrected chi connectivity index (χ1v) is 9.44. The molecule has 0 aliphatic heterocycles. The zero-order chi connectivity index (χ0) is 22.5. The Morgan fingerprint density at radius 1 is 1.12 bits per heavy atom. The van der Waals surface area contributed by atoms with Gasteiger partial charge in [-0.3, -0.25) is 14.9 Å². The Hall–Kier alpha value is -4.60. The van der Waals surface area contributed by atoms with Gasteiger partial charge in [0.25, 0.3) is 11.6 Å². The molecule has 0 aliphatic rings. The molecule has 0 aliphatic carbocycles. The second-order valence-electron chi connectivity index (χ2n) is 6.69. The number of amides is 1. The van der Waals surface area contributed by atoms with Crippen molar-refractivity contribution in [1.82, 2.24) is 20.1 Å². The van der Waals surface area contributed by atoms with E-state index in [9.17, 15) is 19.3 Å². The van der Waals surface area contributed by atoms with Crippen LogP contribution >= 0.6 is 0 Å². The molecular formula is C22H16FN5O4. The number of rotatable bonds is 7. The first-order chi connectivity index (χ1) is 15.5. The lowest BCUT2D eigenvalue weighted by Gasteiger charge is -2.07. The van der Waals surface area contributed by atoms with Crippen LogP contribution in [0.1, 0.15) is 15.9 Å². The number of carbonyl (C=O) groups is 1. The zero-order valence-corrected chi connectivity index (χ0v) is 16.5. The van der Waals surface area contributed by atoms with Crippen LogP contribution in [0.25, 0.3) is 5.69 Å². The highest BCUT2D eigenvalue weighted by Gasteiger charge is 2.11. The predicted molar refractivity (Wildman–Crippen MR) is 112 cm³/mol. The topological polar surface area (TPSA) is 112 Å². The summed E-state index contributed by atoms with van der Waals surface area (Å²) < 4.78 is 20.1. The van der Waals surface area contributed by atoms with E-state index in [-0.39, 0.29) is 24.0 Å². The molecule has 0 unspecified atom stereocenters. The molecule has 0 saturated heterocycles. The van der Waals surface area contributed by atoms with E-state index in [1.165, 1.54) is 53.5 Å². The maximum atomic E-state index is 13.0. The Bertz CT molecular complexity index is 1260. The van der Waals surface area contributed by atoms with Crippen LogP contribution in [0, 0.1) is 15.9 Å². The van der Waals surface area contributed by atoms with Crippen LogP contribution in [-0.4, -0.2) is 25.6 Å². The number of non-ortho nitro benzene ring substituents is 1. The molecule has 160 valence electrons. The van der Waals surface area contributed by atoms with Crippen LogP contribution in [0.5, 0.6) is 11.6 Å². The van der Waals surface area contributed by atoms with E-state index in [1.54, 1.807) is 30.5 Å². The first-order valence-electron chi connectivity index (χ1n) is 9.44. The van der Waals surface area contributed by atoms with Crippen molar-refractivity contribution in [2.24, 2.45) is 0 Å². The van der Waals surface area contributed by atoms with Crippen molar-refractivity contribution in [1.29, 1.82) is 0 Å². The summed E-state index contributed by atoms with van der Waals surface area (Å²) in [5.41, 5.74) is 1.65. The van der Waals surface area contributed by atoms with E-state index in [0.717, 1.165) is 5.56 Å². The summed E-state index contributed by atoms with van der Waals surface area (Å²) in [6, 6.07) is 14.8. The minimum atomic E-state index is -0.485. The van der Waals surface area contributed by atoms with Gasteiger partial charge >= 0.3 is 0 Å². The Morgan fingerprint density at radius 3 is 2.59 bits per heavy atom. The number of pyridine rings is 1. The molecule has 0 bridgehead atoms. The fraction of sp³-hybridized carbons (Fsp3) is 0.0455. The maximum Gasteiger partial charge on any atom is 0.269 e. The summed E-state index contributed by atoms with van der Waals surface area (Å²) in [5, 5.41) is 17.7. The largest absolute Gasteiger partial charge is 0.439 e. The quantitative estimate of drug-likeness (QED) is 0.348. The number of nitrogens with one attached hydrogen (secondary N) is 1. The Labute approximate surface area is 181 Å². The van der Waals surface area contributed by atoms with E-state index in [1.807, 2.05) is 0 Å². The van der Waals surface area contributed by atoms with Crippen molar-refractivity contribution in [3.05, 3.63) is 106 Å². The summed E-state index contributed by atoms with van der Waals surface area (Å²) in [6.07, 6.45) is 4.49. The molecule has 2 aromatic carbocycles. The fourth-order valence-corrected chi connectivity index (χ4v) is 2.83. The highest BCUT2D eigenvalue weighted by molar-refractivity contribution is 5.93. The van der Waals surface area contributed by atoms with Gasteiger partial charge < -0.3 is 10.1 Å². The van der Waals surface area contributed by atoms with Crippen molar-refractivity contribution in [3.63, 3.8) is 0 Å². The lowest BCUT2D eigenvalue weighted by molar-refractivity contribution is -0.384. The number of nitrogens with zero attached hydrogens (tertiary/aromatic N) is 4. The molecule has 0 atom stereocenters. The van der Waals surface area contributed by atoms with Gasteiger partial charge in [0.2, 0.25) is 5.88 Å². The third-order valence-electron chi connectivity index (χ3n) is 4.46. The number of ether oxygens (including phenoxy) is 1. The number of aromatic nitrogens is 3. The summed E-state index contributed by atoms with van der Waals surface area (Å²) in [5.74, 6) is 0.0581. The normalized spacial score (nSPS) is 10.5. The van der Waals surface area contributed by atoms with Gasteiger partial charge in [-0.15, -0.1) is 0 Å². The summed E-state index contributed by atoms with van der Waals surface area (Å²) in [4.78, 5) is 26.9. The van der Waals surface area contributed by atoms with Crippen molar-refractivity contribution in [2.45, 2.75) is 6.54 Å². The predicted octanol–water partition coefficient (Wildman–Crippen LogP) is 4.04. The number of carbonyl (C=O) groups excluding carboxylic acids is 1. The smallest absolute Gasteiger partial charge is 0.269 e. The SMILES string of the molecule is O=C(NCc1ccnc(Oc2ccc(F)cc2)c1)c1cnn(-c2ccc([N+](=O)[O-])cc2)c1. The highest BCUT2D eigenvalue weighted by atomic mass is 19.1. The molecule has 0 fully saturated rings. The van der Waals surface area contributed by atoms with E-state index in [4.69, 9.17) is 4.74 Å². The molecule has 1 amide bonds. The molecule has 9 nitrogen and oxygen atoms in total. The first kappa shape index (κ1) is 20.7. The van der Waals surface area contributed by atoms with Crippen LogP contribution < -0.4 is 10.1 Å². The number of hydrogen-bond acceptors (Lipinski definition) is 6. The Morgan fingerprint density at radius 2 is 1.88 bits per heavy atom. The van der Waals surface area contributed by atoms with Crippen molar-refractivity contribution in [2.75, 3.05) is 0 Å². The Balaban J connectivity index is 1.38. The molecule has 0 spiro atoms. The van der Waals surface area contributed by atoms with Crippen LogP contribution in [0.15, 0.2) is 79.3 Å². The van der Waals surface area contributed by atoms with Gasteiger partial charge in [0, 0.05) is 37.1 Å². The van der Waals surface area contributed by atoms with Gasteiger partial charge in [0.05, 0.1) is 22.4 Å². The number of hydrogen-bond donors (Lipinski definition) is 1. The number of nitro benzene ring substituents is 1. The third kappa shape index (κ3) is 4.93. The fourth-order valence-electron chi connectivity index (χ4n) is 2.83. The van der Waals surface area contributed by atoms with E-state index in [0.29, 0.717) is 22.9 Å². The van der Waals surface area contributed by atoms with Gasteiger partial charge in [0.15, 0.2) is 0 Å². The second kappa shape index (κ2) is 9.04. The van der Waals surface area contributed by atoms with Gasteiger partial charge in [-0.1, -0.05) is 0 Å². The van der Waals surface area contributed by atoms with E-state index >= 15 is 0 Å². The average molecular weight is 433 g/mol. The minimum absolute atomic E-state index is 0.0287. The molecule has 4 rings (SSSR count). The highest BCUT2D eigenvalue weighted by Crippen LogP contribution is 2.20. The molecular weight excluding hydrogens is 417 g/mol. The molecule has 10 heteroatoms. The molecule has 0 saturated carbocycles. The number of nitro groups is 1. The molecule has 32 heavy (non-hydrogen) atoms. The van der Waals surface area contributed by atoms with Crippen LogP contribution in [-0.2, 0) is 6.54 Å². The van der Waals surface area contributed by atoms with Gasteiger partial charge in [-0.05, 0) is 48.0 Å². The van der Waals surface area contributed by atoms with Crippen LogP contribution in [0.3, 0.4) is 0 Å². The van der Waals surface area contributed by atoms with Crippen molar-refractivity contribution in [3.8, 4) is 17.3 Å². The third-order valence-corrected chi connectivity index (χ3v) is 4.46. The van der Waals surface area contributed by atoms with Crippen molar-refractivity contribution >= 4 is 11.6 Å². The summed E-state index contributed by atoms with van der Waals surface area (Å²) >= 11 is 0. The van der Waals surface area contributed by atoms with E-state index in [2.05, 4.69) is 15.4 Å². The lowest BCUT2D eigenvalue weighted by atomic mass is 10.2. The van der Waals surface area contributed by atoms with Gasteiger partial charge in [-0.25, -0.2) is 14.1 Å². The minimum Gasteiger partial charge on any atom is -0.439 e.